The maximum absolute atomic E-state index is 9.53. The third kappa shape index (κ3) is 3.86. The Morgan fingerprint density at radius 1 is 1.53 bits per heavy atom. The van der Waals surface area contributed by atoms with Crippen molar-refractivity contribution in [1.29, 1.82) is 0 Å². The number of aliphatic hydroxyl groups excluding tert-OH is 1. The molecular weight excluding hydrogens is 278 g/mol. The summed E-state index contributed by atoms with van der Waals surface area (Å²) in [5.74, 6) is 0. The Hall–Kier alpha value is -0.800. The summed E-state index contributed by atoms with van der Waals surface area (Å²) in [5, 5.41) is 9.53. The van der Waals surface area contributed by atoms with Crippen LogP contribution in [0, 0.1) is 0 Å². The van der Waals surface area contributed by atoms with Crippen LogP contribution in [0.1, 0.15) is 31.9 Å². The van der Waals surface area contributed by atoms with Gasteiger partial charge in [0, 0.05) is 17.6 Å². The van der Waals surface area contributed by atoms with Gasteiger partial charge in [0.2, 0.25) is 0 Å². The van der Waals surface area contributed by atoms with E-state index in [4.69, 9.17) is 0 Å². The zero-order chi connectivity index (χ0) is 12.8. The molecule has 1 aromatic rings. The van der Waals surface area contributed by atoms with E-state index < -0.39 is 6.10 Å². The molecule has 17 heavy (non-hydrogen) atoms. The predicted molar refractivity (Wildman–Crippen MR) is 77.5 cm³/mol. The van der Waals surface area contributed by atoms with E-state index in [-0.39, 0.29) is 0 Å². The van der Waals surface area contributed by atoms with Gasteiger partial charge in [0.1, 0.15) is 0 Å². The maximum atomic E-state index is 9.53. The van der Waals surface area contributed by atoms with Crippen molar-refractivity contribution in [2.75, 3.05) is 18.0 Å². The van der Waals surface area contributed by atoms with Crippen molar-refractivity contribution in [1.82, 2.24) is 0 Å². The third-order valence-corrected chi connectivity index (χ3v) is 3.27. The van der Waals surface area contributed by atoms with Crippen LogP contribution >= 0.6 is 15.9 Å². The minimum absolute atomic E-state index is 0.431. The molecule has 0 aromatic heterocycles. The van der Waals surface area contributed by atoms with Crippen LogP contribution in [0.25, 0.3) is 0 Å². The second-order valence-electron chi connectivity index (χ2n) is 4.12. The van der Waals surface area contributed by atoms with Crippen LogP contribution in [0.3, 0.4) is 0 Å². The SMILES string of the molecule is C=CCN(CCC)c1ccc(C(C)O)cc1Br. The Morgan fingerprint density at radius 2 is 2.24 bits per heavy atom. The van der Waals surface area contributed by atoms with Gasteiger partial charge >= 0.3 is 0 Å². The van der Waals surface area contributed by atoms with Crippen molar-refractivity contribution >= 4 is 21.6 Å². The van der Waals surface area contributed by atoms with Crippen molar-refractivity contribution in [3.63, 3.8) is 0 Å². The standard InChI is InChI=1S/C14H20BrNO/c1-4-8-16(9-5-2)14-7-6-12(11(3)17)10-13(14)15/h4,6-7,10-11,17H,1,5,8-9H2,2-3H3. The van der Waals surface area contributed by atoms with Crippen molar-refractivity contribution in [3.8, 4) is 0 Å². The highest BCUT2D eigenvalue weighted by atomic mass is 79.9. The summed E-state index contributed by atoms with van der Waals surface area (Å²) >= 11 is 3.57. The molecule has 0 saturated heterocycles. The molecule has 0 fully saturated rings. The zero-order valence-corrected chi connectivity index (χ0v) is 12.1. The Bertz CT molecular complexity index is 376. The average Bonchev–Trinajstić information content (AvgIpc) is 2.28. The van der Waals surface area contributed by atoms with E-state index in [1.165, 1.54) is 0 Å². The first kappa shape index (κ1) is 14.3. The molecule has 1 rings (SSSR count). The van der Waals surface area contributed by atoms with Gasteiger partial charge in [-0.3, -0.25) is 0 Å². The van der Waals surface area contributed by atoms with Gasteiger partial charge in [-0.05, 0) is 47.0 Å². The molecule has 0 radical (unpaired) electrons. The van der Waals surface area contributed by atoms with Crippen molar-refractivity contribution in [3.05, 3.63) is 40.9 Å². The Labute approximate surface area is 112 Å². The highest BCUT2D eigenvalue weighted by Gasteiger charge is 2.10. The highest BCUT2D eigenvalue weighted by Crippen LogP contribution is 2.29. The average molecular weight is 298 g/mol. The molecule has 0 aliphatic rings. The number of aliphatic hydroxyl groups is 1. The first-order chi connectivity index (χ1) is 8.10. The van der Waals surface area contributed by atoms with E-state index >= 15 is 0 Å². The quantitative estimate of drug-likeness (QED) is 0.805. The Morgan fingerprint density at radius 3 is 2.71 bits per heavy atom. The molecule has 94 valence electrons. The van der Waals surface area contributed by atoms with Gasteiger partial charge in [0.25, 0.3) is 0 Å². The molecule has 0 saturated carbocycles. The number of benzene rings is 1. The van der Waals surface area contributed by atoms with Gasteiger partial charge < -0.3 is 10.0 Å². The number of halogens is 1. The molecule has 1 N–H and O–H groups in total. The number of nitrogens with zero attached hydrogens (tertiary/aromatic N) is 1. The van der Waals surface area contributed by atoms with E-state index in [9.17, 15) is 5.11 Å². The van der Waals surface area contributed by atoms with Crippen molar-refractivity contribution in [2.24, 2.45) is 0 Å². The minimum atomic E-state index is -0.431. The Kier molecular flexibility index (Phi) is 5.72. The fourth-order valence-corrected chi connectivity index (χ4v) is 2.42. The van der Waals surface area contributed by atoms with E-state index in [0.717, 1.165) is 35.2 Å². The lowest BCUT2D eigenvalue weighted by atomic mass is 10.1. The number of hydrogen-bond acceptors (Lipinski definition) is 2. The molecule has 3 heteroatoms. The van der Waals surface area contributed by atoms with Crippen LogP contribution < -0.4 is 4.90 Å². The summed E-state index contributed by atoms with van der Waals surface area (Å²) < 4.78 is 1.02. The van der Waals surface area contributed by atoms with Gasteiger partial charge in [-0.2, -0.15) is 0 Å². The maximum Gasteiger partial charge on any atom is 0.0762 e. The van der Waals surface area contributed by atoms with Crippen LogP contribution in [0.4, 0.5) is 5.69 Å². The summed E-state index contributed by atoms with van der Waals surface area (Å²) in [4.78, 5) is 2.27. The molecule has 1 aromatic carbocycles. The van der Waals surface area contributed by atoms with Crippen molar-refractivity contribution in [2.45, 2.75) is 26.4 Å². The topological polar surface area (TPSA) is 23.5 Å². The largest absolute Gasteiger partial charge is 0.389 e. The molecule has 0 spiro atoms. The predicted octanol–water partition coefficient (Wildman–Crippen LogP) is 3.90. The lowest BCUT2D eigenvalue weighted by Crippen LogP contribution is -2.24. The number of rotatable bonds is 6. The van der Waals surface area contributed by atoms with Crippen LogP contribution in [0.5, 0.6) is 0 Å². The molecule has 0 heterocycles. The lowest BCUT2D eigenvalue weighted by molar-refractivity contribution is 0.199. The van der Waals surface area contributed by atoms with E-state index in [1.54, 1.807) is 6.92 Å². The highest BCUT2D eigenvalue weighted by molar-refractivity contribution is 9.10. The van der Waals surface area contributed by atoms with Crippen LogP contribution in [0.2, 0.25) is 0 Å². The van der Waals surface area contributed by atoms with Crippen LogP contribution in [-0.2, 0) is 0 Å². The van der Waals surface area contributed by atoms with E-state index in [2.05, 4.69) is 34.3 Å². The van der Waals surface area contributed by atoms with Gasteiger partial charge in [-0.1, -0.05) is 19.1 Å². The van der Waals surface area contributed by atoms with Crippen LogP contribution in [-0.4, -0.2) is 18.2 Å². The second kappa shape index (κ2) is 6.82. The minimum Gasteiger partial charge on any atom is -0.389 e. The fourth-order valence-electron chi connectivity index (χ4n) is 1.78. The zero-order valence-electron chi connectivity index (χ0n) is 10.5. The molecule has 0 bridgehead atoms. The second-order valence-corrected chi connectivity index (χ2v) is 4.98. The molecule has 1 unspecified atom stereocenters. The summed E-state index contributed by atoms with van der Waals surface area (Å²) in [6.07, 6.45) is 2.57. The molecule has 1 atom stereocenters. The lowest BCUT2D eigenvalue weighted by Gasteiger charge is -2.24. The molecule has 2 nitrogen and oxygen atoms in total. The first-order valence-electron chi connectivity index (χ1n) is 5.93. The van der Waals surface area contributed by atoms with Crippen molar-refractivity contribution < 1.29 is 5.11 Å². The van der Waals surface area contributed by atoms with E-state index in [0.29, 0.717) is 0 Å². The summed E-state index contributed by atoms with van der Waals surface area (Å²) in [6.45, 7) is 9.55. The fraction of sp³-hybridized carbons (Fsp3) is 0.429. The first-order valence-corrected chi connectivity index (χ1v) is 6.72. The summed E-state index contributed by atoms with van der Waals surface area (Å²) in [7, 11) is 0. The third-order valence-electron chi connectivity index (χ3n) is 2.64. The summed E-state index contributed by atoms with van der Waals surface area (Å²) in [5.41, 5.74) is 2.08. The van der Waals surface area contributed by atoms with Gasteiger partial charge in [-0.15, -0.1) is 6.58 Å². The normalized spacial score (nSPS) is 12.2. The molecule has 0 aliphatic heterocycles. The van der Waals surface area contributed by atoms with Gasteiger partial charge in [0.15, 0.2) is 0 Å². The smallest absolute Gasteiger partial charge is 0.0762 e. The Balaban J connectivity index is 2.99. The van der Waals surface area contributed by atoms with Gasteiger partial charge in [0.05, 0.1) is 11.8 Å². The molecule has 0 aliphatic carbocycles. The number of anilines is 1. The van der Waals surface area contributed by atoms with Gasteiger partial charge in [-0.25, -0.2) is 0 Å². The number of hydrogen-bond donors (Lipinski definition) is 1. The monoisotopic (exact) mass is 297 g/mol. The summed E-state index contributed by atoms with van der Waals surface area (Å²) in [6, 6.07) is 5.99. The molecule has 0 amide bonds. The molecular formula is C14H20BrNO. The van der Waals surface area contributed by atoms with E-state index in [1.807, 2.05) is 24.3 Å². The van der Waals surface area contributed by atoms with Crippen LogP contribution in [0.15, 0.2) is 35.3 Å².